The number of hydrogen-bond donors (Lipinski definition) is 1. The topological polar surface area (TPSA) is 81.7 Å². The van der Waals surface area contributed by atoms with Gasteiger partial charge in [0.15, 0.2) is 11.9 Å². The summed E-state index contributed by atoms with van der Waals surface area (Å²) in [6, 6.07) is 8.66. The zero-order valence-electron chi connectivity index (χ0n) is 13.3. The monoisotopic (exact) mass is 319 g/mol. The van der Waals surface area contributed by atoms with E-state index in [1.165, 1.54) is 14.0 Å². The van der Waals surface area contributed by atoms with E-state index in [0.29, 0.717) is 18.5 Å². The van der Waals surface area contributed by atoms with E-state index < -0.39 is 24.0 Å². The van der Waals surface area contributed by atoms with Crippen LogP contribution in [0.25, 0.3) is 0 Å². The van der Waals surface area contributed by atoms with Crippen molar-refractivity contribution in [2.24, 2.45) is 11.8 Å². The Bertz CT molecular complexity index is 566. The van der Waals surface area contributed by atoms with Crippen molar-refractivity contribution in [3.05, 3.63) is 35.9 Å². The lowest BCUT2D eigenvalue weighted by atomic mass is 9.85. The maximum atomic E-state index is 12.7. The second-order valence-corrected chi connectivity index (χ2v) is 5.56. The number of methoxy groups -OCH3 is 1. The van der Waals surface area contributed by atoms with Crippen molar-refractivity contribution < 1.29 is 23.9 Å². The van der Waals surface area contributed by atoms with Gasteiger partial charge >= 0.3 is 11.9 Å². The Labute approximate surface area is 135 Å². The van der Waals surface area contributed by atoms with Crippen molar-refractivity contribution in [2.45, 2.75) is 19.4 Å². The number of rotatable bonds is 6. The van der Waals surface area contributed by atoms with Gasteiger partial charge in [0.1, 0.15) is 5.92 Å². The van der Waals surface area contributed by atoms with E-state index in [2.05, 4.69) is 10.1 Å². The molecule has 0 bridgehead atoms. The fourth-order valence-electron chi connectivity index (χ4n) is 2.72. The van der Waals surface area contributed by atoms with Crippen LogP contribution < -0.4 is 5.32 Å². The van der Waals surface area contributed by atoms with E-state index in [1.54, 1.807) is 30.3 Å². The highest BCUT2D eigenvalue weighted by molar-refractivity contribution is 6.09. The molecule has 0 spiro atoms. The van der Waals surface area contributed by atoms with E-state index >= 15 is 0 Å². The van der Waals surface area contributed by atoms with Gasteiger partial charge in [-0.2, -0.15) is 0 Å². The van der Waals surface area contributed by atoms with Crippen molar-refractivity contribution in [1.82, 2.24) is 5.32 Å². The van der Waals surface area contributed by atoms with Crippen LogP contribution in [0.3, 0.4) is 0 Å². The second-order valence-electron chi connectivity index (χ2n) is 5.56. The molecule has 2 rings (SSSR count). The van der Waals surface area contributed by atoms with E-state index in [9.17, 15) is 14.4 Å². The minimum absolute atomic E-state index is 0.139. The summed E-state index contributed by atoms with van der Waals surface area (Å²) >= 11 is 0. The van der Waals surface area contributed by atoms with Gasteiger partial charge in [0.25, 0.3) is 0 Å². The number of nitrogens with one attached hydrogen (secondary N) is 1. The molecule has 124 valence electrons. The second kappa shape index (κ2) is 7.87. The quantitative estimate of drug-likeness (QED) is 0.482. The summed E-state index contributed by atoms with van der Waals surface area (Å²) in [5.41, 5.74) is 0.465. The van der Waals surface area contributed by atoms with Gasteiger partial charge in [0.05, 0.1) is 7.11 Å². The van der Waals surface area contributed by atoms with Crippen LogP contribution in [0, 0.1) is 11.8 Å². The van der Waals surface area contributed by atoms with Crippen molar-refractivity contribution in [3.63, 3.8) is 0 Å². The molecule has 1 aliphatic rings. The SMILES string of the molecule is COC(=O)[C@@H](C)OC(=O)[C@@H](C(=O)c1ccccc1)[C@H]1CCNC1. The lowest BCUT2D eigenvalue weighted by Gasteiger charge is -2.22. The first kappa shape index (κ1) is 17.1. The Balaban J connectivity index is 2.18. The molecule has 0 saturated carbocycles. The Morgan fingerprint density at radius 3 is 2.43 bits per heavy atom. The lowest BCUT2D eigenvalue weighted by Crippen LogP contribution is -2.37. The van der Waals surface area contributed by atoms with Crippen molar-refractivity contribution in [3.8, 4) is 0 Å². The van der Waals surface area contributed by atoms with Crippen molar-refractivity contribution >= 4 is 17.7 Å². The molecule has 3 atom stereocenters. The fourth-order valence-corrected chi connectivity index (χ4v) is 2.72. The van der Waals surface area contributed by atoms with Crippen LogP contribution in [0.4, 0.5) is 0 Å². The molecule has 1 fully saturated rings. The molecular weight excluding hydrogens is 298 g/mol. The highest BCUT2D eigenvalue weighted by Crippen LogP contribution is 2.25. The van der Waals surface area contributed by atoms with Gasteiger partial charge in [-0.15, -0.1) is 0 Å². The number of hydrogen-bond acceptors (Lipinski definition) is 6. The molecule has 1 saturated heterocycles. The van der Waals surface area contributed by atoms with Crippen molar-refractivity contribution in [2.75, 3.05) is 20.2 Å². The van der Waals surface area contributed by atoms with Crippen LogP contribution in [0.2, 0.25) is 0 Å². The Hall–Kier alpha value is -2.21. The number of benzene rings is 1. The van der Waals surface area contributed by atoms with Crippen LogP contribution in [-0.4, -0.2) is 44.0 Å². The standard InChI is InChI=1S/C17H21NO5/c1-11(16(20)22-2)23-17(21)14(13-8-9-18-10-13)15(19)12-6-4-3-5-7-12/h3-7,11,13-14,18H,8-10H2,1-2H3/t11-,13+,14-/m1/s1. The first-order chi connectivity index (χ1) is 11.0. The molecule has 6 heteroatoms. The largest absolute Gasteiger partial charge is 0.466 e. The van der Waals surface area contributed by atoms with E-state index in [4.69, 9.17) is 4.74 Å². The smallest absolute Gasteiger partial charge is 0.346 e. The third-order valence-electron chi connectivity index (χ3n) is 3.99. The van der Waals surface area contributed by atoms with E-state index in [-0.39, 0.29) is 11.7 Å². The minimum Gasteiger partial charge on any atom is -0.466 e. The molecule has 0 amide bonds. The van der Waals surface area contributed by atoms with Crippen LogP contribution in [0.15, 0.2) is 30.3 Å². The van der Waals surface area contributed by atoms with Crippen molar-refractivity contribution in [1.29, 1.82) is 0 Å². The van der Waals surface area contributed by atoms with Gasteiger partial charge in [-0.1, -0.05) is 30.3 Å². The molecule has 0 aliphatic carbocycles. The predicted octanol–water partition coefficient (Wildman–Crippen LogP) is 1.20. The zero-order chi connectivity index (χ0) is 16.8. The molecule has 0 unspecified atom stereocenters. The van der Waals surface area contributed by atoms with Gasteiger partial charge in [-0.05, 0) is 32.4 Å². The molecule has 0 aromatic heterocycles. The fraction of sp³-hybridized carbons (Fsp3) is 0.471. The predicted molar refractivity (Wildman–Crippen MR) is 82.8 cm³/mol. The maximum absolute atomic E-state index is 12.7. The van der Waals surface area contributed by atoms with Gasteiger partial charge < -0.3 is 14.8 Å². The van der Waals surface area contributed by atoms with Gasteiger partial charge in [-0.3, -0.25) is 9.59 Å². The van der Waals surface area contributed by atoms with Crippen LogP contribution in [0.5, 0.6) is 0 Å². The Morgan fingerprint density at radius 2 is 1.87 bits per heavy atom. The maximum Gasteiger partial charge on any atom is 0.346 e. The van der Waals surface area contributed by atoms with Gasteiger partial charge in [0.2, 0.25) is 0 Å². The van der Waals surface area contributed by atoms with Crippen LogP contribution >= 0.6 is 0 Å². The molecule has 1 aliphatic heterocycles. The Kier molecular flexibility index (Phi) is 5.87. The number of ether oxygens (including phenoxy) is 2. The average Bonchev–Trinajstić information content (AvgIpc) is 3.08. The van der Waals surface area contributed by atoms with Crippen LogP contribution in [0.1, 0.15) is 23.7 Å². The highest BCUT2D eigenvalue weighted by atomic mass is 16.6. The number of carbonyl (C=O) groups is 3. The summed E-state index contributed by atoms with van der Waals surface area (Å²) < 4.78 is 9.71. The molecular formula is C17H21NO5. The molecule has 6 nitrogen and oxygen atoms in total. The summed E-state index contributed by atoms with van der Waals surface area (Å²) in [5.74, 6) is -2.65. The zero-order valence-corrected chi connectivity index (χ0v) is 13.3. The normalized spacial score (nSPS) is 19.7. The number of ketones is 1. The molecule has 0 radical (unpaired) electrons. The summed E-state index contributed by atoms with van der Waals surface area (Å²) in [7, 11) is 1.22. The summed E-state index contributed by atoms with van der Waals surface area (Å²) in [6.07, 6.45) is -0.321. The minimum atomic E-state index is -1.03. The van der Waals surface area contributed by atoms with E-state index in [1.807, 2.05) is 0 Å². The average molecular weight is 319 g/mol. The van der Waals surface area contributed by atoms with Gasteiger partial charge in [-0.25, -0.2) is 4.79 Å². The van der Waals surface area contributed by atoms with E-state index in [0.717, 1.165) is 6.54 Å². The summed E-state index contributed by atoms with van der Waals surface area (Å²) in [6.45, 7) is 2.76. The molecule has 1 N–H and O–H groups in total. The Morgan fingerprint density at radius 1 is 1.17 bits per heavy atom. The number of esters is 2. The van der Waals surface area contributed by atoms with Crippen LogP contribution in [-0.2, 0) is 19.1 Å². The third kappa shape index (κ3) is 4.16. The number of Topliss-reactive ketones (excluding diaryl/α,β-unsaturated/α-hetero) is 1. The summed E-state index contributed by atoms with van der Waals surface area (Å²) in [4.78, 5) is 36.7. The summed E-state index contributed by atoms with van der Waals surface area (Å²) in [5, 5.41) is 3.15. The third-order valence-corrected chi connectivity index (χ3v) is 3.99. The first-order valence-electron chi connectivity index (χ1n) is 7.63. The highest BCUT2D eigenvalue weighted by Gasteiger charge is 2.39. The molecule has 23 heavy (non-hydrogen) atoms. The number of carbonyl (C=O) groups excluding carboxylic acids is 3. The first-order valence-corrected chi connectivity index (χ1v) is 7.63. The van der Waals surface area contributed by atoms with Gasteiger partial charge in [0, 0.05) is 5.56 Å². The molecule has 1 aromatic carbocycles. The molecule has 1 heterocycles. The molecule has 1 aromatic rings. The lowest BCUT2D eigenvalue weighted by molar-refractivity contribution is -0.167.